The molecule has 0 aliphatic carbocycles. The first kappa shape index (κ1) is 31.0. The van der Waals surface area contributed by atoms with E-state index in [1.54, 1.807) is 49.9 Å². The van der Waals surface area contributed by atoms with E-state index in [1.165, 1.54) is 23.5 Å². The van der Waals surface area contributed by atoms with Gasteiger partial charge in [0.25, 0.3) is 0 Å². The van der Waals surface area contributed by atoms with E-state index >= 15 is 0 Å². The van der Waals surface area contributed by atoms with Crippen LogP contribution in [-0.4, -0.2) is 65.2 Å². The number of amides is 2. The Labute approximate surface area is 249 Å². The minimum Gasteiger partial charge on any atom is -0.444 e. The number of carbonyl (C=O) groups excluding carboxylic acids is 3. The summed E-state index contributed by atoms with van der Waals surface area (Å²) >= 11 is 1.25. The van der Waals surface area contributed by atoms with Crippen LogP contribution in [0.1, 0.15) is 56.9 Å². The van der Waals surface area contributed by atoms with Gasteiger partial charge in [-0.15, -0.1) is 11.3 Å². The molecule has 224 valence electrons. The Balaban J connectivity index is 1.48. The molecule has 1 aliphatic heterocycles. The van der Waals surface area contributed by atoms with Crippen LogP contribution < -0.4 is 10.2 Å². The van der Waals surface area contributed by atoms with Crippen molar-refractivity contribution in [2.75, 3.05) is 36.4 Å². The standard InChI is InChI=1S/C31H37FN4O5S/c1-30(2,3)40-28(38)33-24-12-9-21(20-7-10-23(32)11-8-20)17-22(24)18-25(37)27-34-26(19-42-27)35-13-15-36(16-14-35)29(39)41-31(4,5)6/h7-12,17,19H,13-16,18H2,1-6H3,(H,33,38). The van der Waals surface area contributed by atoms with Crippen LogP contribution in [-0.2, 0) is 15.9 Å². The molecule has 1 aromatic heterocycles. The van der Waals surface area contributed by atoms with Gasteiger partial charge in [-0.05, 0) is 82.5 Å². The largest absolute Gasteiger partial charge is 0.444 e. The highest BCUT2D eigenvalue weighted by Crippen LogP contribution is 2.29. The number of aromatic nitrogens is 1. The van der Waals surface area contributed by atoms with Crippen molar-refractivity contribution in [1.82, 2.24) is 9.88 Å². The molecule has 0 spiro atoms. The number of nitrogens with one attached hydrogen (secondary N) is 1. The lowest BCUT2D eigenvalue weighted by Gasteiger charge is -2.35. The fraction of sp³-hybridized carbons (Fsp3) is 0.419. The molecule has 0 unspecified atom stereocenters. The molecular weight excluding hydrogens is 559 g/mol. The number of ketones is 1. The van der Waals surface area contributed by atoms with Crippen LogP contribution in [0.5, 0.6) is 0 Å². The zero-order chi connectivity index (χ0) is 30.7. The smallest absolute Gasteiger partial charge is 0.412 e. The summed E-state index contributed by atoms with van der Waals surface area (Å²) in [6.45, 7) is 12.9. The summed E-state index contributed by atoms with van der Waals surface area (Å²) in [5.41, 5.74) is 1.32. The number of hydrogen-bond donors (Lipinski definition) is 1. The molecule has 42 heavy (non-hydrogen) atoms. The zero-order valence-electron chi connectivity index (χ0n) is 24.8. The van der Waals surface area contributed by atoms with Gasteiger partial charge in [-0.2, -0.15) is 0 Å². The molecule has 0 atom stereocenters. The molecule has 2 aromatic carbocycles. The quantitative estimate of drug-likeness (QED) is 0.313. The first-order chi connectivity index (χ1) is 19.7. The van der Waals surface area contributed by atoms with Crippen LogP contribution in [0, 0.1) is 5.82 Å². The highest BCUT2D eigenvalue weighted by Gasteiger charge is 2.27. The van der Waals surface area contributed by atoms with Gasteiger partial charge in [-0.1, -0.05) is 18.2 Å². The first-order valence-electron chi connectivity index (χ1n) is 13.8. The number of ether oxygens (including phenoxy) is 2. The third-order valence-corrected chi connectivity index (χ3v) is 7.13. The van der Waals surface area contributed by atoms with E-state index in [0.29, 0.717) is 48.3 Å². The number of piperazine rings is 1. The van der Waals surface area contributed by atoms with Crippen molar-refractivity contribution in [3.63, 3.8) is 0 Å². The Bertz CT molecular complexity index is 1430. The maximum Gasteiger partial charge on any atom is 0.412 e. The van der Waals surface area contributed by atoms with Crippen LogP contribution in [0.15, 0.2) is 47.8 Å². The molecule has 0 saturated carbocycles. The lowest BCUT2D eigenvalue weighted by Crippen LogP contribution is -2.50. The number of nitrogens with zero attached hydrogens (tertiary/aromatic N) is 3. The molecule has 4 rings (SSSR count). The third kappa shape index (κ3) is 8.51. The third-order valence-electron chi connectivity index (χ3n) is 6.26. The van der Waals surface area contributed by atoms with E-state index in [4.69, 9.17) is 9.47 Å². The number of carbonyl (C=O) groups is 3. The van der Waals surface area contributed by atoms with Crippen LogP contribution in [0.3, 0.4) is 0 Å². The van der Waals surface area contributed by atoms with Gasteiger partial charge >= 0.3 is 12.2 Å². The number of halogens is 1. The van der Waals surface area contributed by atoms with E-state index < -0.39 is 17.3 Å². The summed E-state index contributed by atoms with van der Waals surface area (Å²) in [5.74, 6) is 0.129. The maximum atomic E-state index is 13.5. The topological polar surface area (TPSA) is 101 Å². The summed E-state index contributed by atoms with van der Waals surface area (Å²) in [4.78, 5) is 46.6. The number of Topliss-reactive ketones (excluding diaryl/α,β-unsaturated/α-hetero) is 1. The van der Waals surface area contributed by atoms with Crippen molar-refractivity contribution in [2.24, 2.45) is 0 Å². The number of anilines is 2. The van der Waals surface area contributed by atoms with Crippen molar-refractivity contribution in [1.29, 1.82) is 0 Å². The van der Waals surface area contributed by atoms with Crippen molar-refractivity contribution < 1.29 is 28.2 Å². The van der Waals surface area contributed by atoms with Crippen molar-refractivity contribution in [3.05, 3.63) is 64.2 Å². The summed E-state index contributed by atoms with van der Waals surface area (Å²) < 4.78 is 24.4. The Morgan fingerprint density at radius 3 is 2.14 bits per heavy atom. The number of rotatable bonds is 6. The molecule has 1 aliphatic rings. The lowest BCUT2D eigenvalue weighted by atomic mass is 9.99. The predicted octanol–water partition coefficient (Wildman–Crippen LogP) is 6.78. The molecule has 1 saturated heterocycles. The summed E-state index contributed by atoms with van der Waals surface area (Å²) in [7, 11) is 0. The lowest BCUT2D eigenvalue weighted by molar-refractivity contribution is 0.0240. The summed E-state index contributed by atoms with van der Waals surface area (Å²) in [5, 5.41) is 4.94. The molecule has 0 bridgehead atoms. The van der Waals surface area contributed by atoms with Gasteiger partial charge in [-0.25, -0.2) is 19.0 Å². The van der Waals surface area contributed by atoms with Gasteiger partial charge in [0.15, 0.2) is 10.8 Å². The molecular formula is C31H37FN4O5S. The Kier molecular flexibility index (Phi) is 9.20. The maximum absolute atomic E-state index is 13.5. The van der Waals surface area contributed by atoms with Crippen LogP contribution in [0.4, 0.5) is 25.5 Å². The average Bonchev–Trinajstić information content (AvgIpc) is 3.39. The second kappa shape index (κ2) is 12.5. The fourth-order valence-electron chi connectivity index (χ4n) is 4.33. The molecule has 2 amide bonds. The van der Waals surface area contributed by atoms with Crippen LogP contribution in [0.2, 0.25) is 0 Å². The highest BCUT2D eigenvalue weighted by molar-refractivity contribution is 7.12. The van der Waals surface area contributed by atoms with Crippen LogP contribution in [0.25, 0.3) is 11.1 Å². The monoisotopic (exact) mass is 596 g/mol. The fourth-order valence-corrected chi connectivity index (χ4v) is 5.10. The minimum absolute atomic E-state index is 0.0143. The van der Waals surface area contributed by atoms with E-state index in [0.717, 1.165) is 11.1 Å². The zero-order valence-corrected chi connectivity index (χ0v) is 25.6. The normalized spacial score (nSPS) is 14.0. The van der Waals surface area contributed by atoms with E-state index in [9.17, 15) is 18.8 Å². The molecule has 1 N–H and O–H groups in total. The van der Waals surface area contributed by atoms with Crippen molar-refractivity contribution >= 4 is 40.8 Å². The second-order valence-electron chi connectivity index (χ2n) is 12.1. The molecule has 1 fully saturated rings. The van der Waals surface area contributed by atoms with Gasteiger partial charge in [-0.3, -0.25) is 10.1 Å². The number of benzene rings is 2. The van der Waals surface area contributed by atoms with Gasteiger partial charge in [0.1, 0.15) is 22.8 Å². The Hall–Kier alpha value is -3.99. The molecule has 9 nitrogen and oxygen atoms in total. The van der Waals surface area contributed by atoms with Gasteiger partial charge in [0, 0.05) is 43.7 Å². The summed E-state index contributed by atoms with van der Waals surface area (Å²) in [6, 6.07) is 11.4. The molecule has 3 aromatic rings. The number of hydrogen-bond acceptors (Lipinski definition) is 8. The average molecular weight is 597 g/mol. The second-order valence-corrected chi connectivity index (χ2v) is 12.9. The van der Waals surface area contributed by atoms with E-state index in [2.05, 4.69) is 10.3 Å². The van der Waals surface area contributed by atoms with Crippen LogP contribution >= 0.6 is 11.3 Å². The Morgan fingerprint density at radius 2 is 1.52 bits per heavy atom. The predicted molar refractivity (Wildman–Crippen MR) is 162 cm³/mol. The van der Waals surface area contributed by atoms with Crippen molar-refractivity contribution in [2.45, 2.75) is 59.2 Å². The van der Waals surface area contributed by atoms with Gasteiger partial charge in [0.2, 0.25) is 0 Å². The SMILES string of the molecule is CC(C)(C)OC(=O)Nc1ccc(-c2ccc(F)cc2)cc1CC(=O)c1nc(N2CCN(C(=O)OC(C)(C)C)CC2)cs1. The van der Waals surface area contributed by atoms with Gasteiger partial charge < -0.3 is 19.3 Å². The van der Waals surface area contributed by atoms with Crippen molar-refractivity contribution in [3.8, 4) is 11.1 Å². The first-order valence-corrected chi connectivity index (χ1v) is 14.7. The minimum atomic E-state index is -0.691. The molecule has 11 heteroatoms. The Morgan fingerprint density at radius 1 is 0.905 bits per heavy atom. The molecule has 0 radical (unpaired) electrons. The number of thiazole rings is 1. The summed E-state index contributed by atoms with van der Waals surface area (Å²) in [6.07, 6.45) is -0.984. The van der Waals surface area contributed by atoms with E-state index in [1.807, 2.05) is 37.1 Å². The van der Waals surface area contributed by atoms with Gasteiger partial charge in [0.05, 0.1) is 0 Å². The van der Waals surface area contributed by atoms with E-state index in [-0.39, 0.29) is 24.1 Å². The highest BCUT2D eigenvalue weighted by atomic mass is 32.1. The molecule has 2 heterocycles.